The molecule has 2 heterocycles. The van der Waals surface area contributed by atoms with Gasteiger partial charge in [0, 0.05) is 5.92 Å². The lowest BCUT2D eigenvalue weighted by atomic mass is 10.0. The van der Waals surface area contributed by atoms with Gasteiger partial charge in [-0.15, -0.1) is 0 Å². The highest BCUT2D eigenvalue weighted by Crippen LogP contribution is 2.67. The molecule has 0 radical (unpaired) electrons. The number of ether oxygens (including phenoxy) is 2. The van der Waals surface area contributed by atoms with E-state index in [1.54, 1.807) is 0 Å². The van der Waals surface area contributed by atoms with E-state index >= 15 is 0 Å². The second-order valence-electron chi connectivity index (χ2n) is 8.72. The van der Waals surface area contributed by atoms with Crippen LogP contribution >= 0.6 is 0 Å². The average Bonchev–Trinajstić information content (AvgIpc) is 2.77. The monoisotopic (exact) mass is 326 g/mol. The van der Waals surface area contributed by atoms with E-state index in [-0.39, 0.29) is 22.4 Å². The van der Waals surface area contributed by atoms with E-state index in [2.05, 4.69) is 65.0 Å². The van der Waals surface area contributed by atoms with Crippen molar-refractivity contribution < 1.29 is 9.47 Å². The van der Waals surface area contributed by atoms with E-state index in [1.165, 1.54) is 5.56 Å². The third-order valence-corrected chi connectivity index (χ3v) is 5.35. The smallest absolute Gasteiger partial charge is 0.191 e. The quantitative estimate of drug-likeness (QED) is 0.847. The molecule has 0 aromatic heterocycles. The third kappa shape index (κ3) is 2.35. The number of nitrogens with zero attached hydrogens (tertiary/aromatic N) is 2. The molecule has 0 bridgehead atoms. The minimum atomic E-state index is -0.172. The minimum absolute atomic E-state index is 0.141. The minimum Gasteiger partial charge on any atom is -0.478 e. The van der Waals surface area contributed by atoms with Crippen LogP contribution < -0.4 is 0 Å². The molecule has 4 rings (SSSR count). The summed E-state index contributed by atoms with van der Waals surface area (Å²) in [7, 11) is 0. The molecule has 3 aliphatic rings. The van der Waals surface area contributed by atoms with E-state index in [0.29, 0.717) is 19.1 Å². The Labute approximate surface area is 144 Å². The van der Waals surface area contributed by atoms with Gasteiger partial charge < -0.3 is 9.47 Å². The Morgan fingerprint density at radius 3 is 2.00 bits per heavy atom. The summed E-state index contributed by atoms with van der Waals surface area (Å²) in [6.45, 7) is 12.0. The molecule has 2 aliphatic heterocycles. The lowest BCUT2D eigenvalue weighted by Crippen LogP contribution is -2.19. The van der Waals surface area contributed by atoms with Gasteiger partial charge >= 0.3 is 0 Å². The van der Waals surface area contributed by atoms with Gasteiger partial charge in [0.15, 0.2) is 11.8 Å². The fourth-order valence-corrected chi connectivity index (χ4v) is 4.01. The van der Waals surface area contributed by atoms with Crippen molar-refractivity contribution in [3.05, 3.63) is 35.9 Å². The molecule has 1 aromatic rings. The van der Waals surface area contributed by atoms with Crippen LogP contribution in [0.25, 0.3) is 0 Å². The van der Waals surface area contributed by atoms with Crippen LogP contribution in [0.15, 0.2) is 40.3 Å². The first kappa shape index (κ1) is 15.7. The second-order valence-corrected chi connectivity index (χ2v) is 8.72. The first-order valence-corrected chi connectivity index (χ1v) is 8.74. The zero-order chi connectivity index (χ0) is 17.2. The first-order chi connectivity index (χ1) is 11.2. The van der Waals surface area contributed by atoms with Gasteiger partial charge in [0.1, 0.15) is 13.2 Å². The molecule has 3 atom stereocenters. The van der Waals surface area contributed by atoms with Crippen LogP contribution in [0.5, 0.6) is 0 Å². The van der Waals surface area contributed by atoms with Crippen molar-refractivity contribution in [2.24, 2.45) is 21.3 Å². The molecule has 24 heavy (non-hydrogen) atoms. The Balaban J connectivity index is 1.74. The van der Waals surface area contributed by atoms with Crippen molar-refractivity contribution in [3.63, 3.8) is 0 Å². The SMILES string of the molecule is CC1(C)COC([C@H]2[C@H](c3ccccc3)[C@]2(C)C2=NC(C)(C)CO2)=N1. The lowest BCUT2D eigenvalue weighted by Gasteiger charge is -2.11. The predicted octanol–water partition coefficient (Wildman–Crippen LogP) is 3.82. The van der Waals surface area contributed by atoms with Gasteiger partial charge in [0.25, 0.3) is 0 Å². The normalized spacial score (nSPS) is 35.7. The molecule has 0 spiro atoms. The van der Waals surface area contributed by atoms with Crippen LogP contribution in [0.4, 0.5) is 0 Å². The summed E-state index contributed by atoms with van der Waals surface area (Å²) < 4.78 is 12.0. The van der Waals surface area contributed by atoms with Crippen molar-refractivity contribution in [1.82, 2.24) is 0 Å². The summed E-state index contributed by atoms with van der Waals surface area (Å²) in [5.41, 5.74) is 0.841. The van der Waals surface area contributed by atoms with Crippen LogP contribution in [0, 0.1) is 11.3 Å². The van der Waals surface area contributed by atoms with Gasteiger partial charge in [0.05, 0.1) is 22.4 Å². The summed E-state index contributed by atoms with van der Waals surface area (Å²) in [6, 6.07) is 10.6. The fourth-order valence-electron chi connectivity index (χ4n) is 4.01. The van der Waals surface area contributed by atoms with Gasteiger partial charge in [-0.1, -0.05) is 30.3 Å². The molecule has 0 amide bonds. The maximum absolute atomic E-state index is 6.03. The van der Waals surface area contributed by atoms with Crippen molar-refractivity contribution >= 4 is 11.8 Å². The van der Waals surface area contributed by atoms with Crippen molar-refractivity contribution in [2.75, 3.05) is 13.2 Å². The first-order valence-electron chi connectivity index (χ1n) is 8.74. The molecule has 1 saturated carbocycles. The van der Waals surface area contributed by atoms with E-state index in [4.69, 9.17) is 19.5 Å². The molecular weight excluding hydrogens is 300 g/mol. The molecule has 4 nitrogen and oxygen atoms in total. The average molecular weight is 326 g/mol. The van der Waals surface area contributed by atoms with Crippen molar-refractivity contribution in [1.29, 1.82) is 0 Å². The molecule has 0 unspecified atom stereocenters. The van der Waals surface area contributed by atoms with Crippen LogP contribution in [-0.4, -0.2) is 36.1 Å². The highest BCUT2D eigenvalue weighted by atomic mass is 16.5. The molecule has 1 aromatic carbocycles. The molecule has 0 N–H and O–H groups in total. The van der Waals surface area contributed by atoms with Crippen molar-refractivity contribution in [3.8, 4) is 0 Å². The summed E-state index contributed by atoms with van der Waals surface area (Å²) in [5, 5.41) is 0. The zero-order valence-corrected chi connectivity index (χ0v) is 15.2. The third-order valence-electron chi connectivity index (χ3n) is 5.35. The molecule has 128 valence electrons. The topological polar surface area (TPSA) is 43.2 Å². The lowest BCUT2D eigenvalue weighted by molar-refractivity contribution is 0.257. The zero-order valence-electron chi connectivity index (χ0n) is 15.2. The Kier molecular flexibility index (Phi) is 3.16. The Morgan fingerprint density at radius 1 is 0.833 bits per heavy atom. The number of benzene rings is 1. The maximum Gasteiger partial charge on any atom is 0.191 e. The Morgan fingerprint density at radius 2 is 1.46 bits per heavy atom. The summed E-state index contributed by atoms with van der Waals surface area (Å²) in [4.78, 5) is 9.72. The Bertz CT molecular complexity index is 720. The fraction of sp³-hybridized carbons (Fsp3) is 0.600. The number of aliphatic imine (C=N–C) groups is 2. The predicted molar refractivity (Wildman–Crippen MR) is 95.7 cm³/mol. The number of rotatable bonds is 3. The van der Waals surface area contributed by atoms with Crippen molar-refractivity contribution in [2.45, 2.75) is 51.6 Å². The van der Waals surface area contributed by atoms with E-state index < -0.39 is 0 Å². The van der Waals surface area contributed by atoms with Gasteiger partial charge in [-0.05, 0) is 40.2 Å². The number of hydrogen-bond donors (Lipinski definition) is 0. The maximum atomic E-state index is 6.03. The highest BCUT2D eigenvalue weighted by Gasteiger charge is 2.70. The second kappa shape index (κ2) is 4.84. The molecule has 0 saturated heterocycles. The molecule has 4 heteroatoms. The van der Waals surface area contributed by atoms with E-state index in [9.17, 15) is 0 Å². The van der Waals surface area contributed by atoms with Crippen LogP contribution in [0.1, 0.15) is 46.1 Å². The standard InChI is InChI=1S/C20H26N2O2/c1-18(2)11-23-16(21-18)15-14(13-9-7-6-8-10-13)20(15,5)17-22-19(3,4)12-24-17/h6-10,14-15H,11-12H2,1-5H3/t14-,15+,20-/m0/s1. The summed E-state index contributed by atoms with van der Waals surface area (Å²) in [6.07, 6.45) is 0. The van der Waals surface area contributed by atoms with Crippen LogP contribution in [0.3, 0.4) is 0 Å². The molecular formula is C20H26N2O2. The summed E-state index contributed by atoms with van der Waals surface area (Å²) in [5.74, 6) is 2.24. The number of hydrogen-bond acceptors (Lipinski definition) is 4. The van der Waals surface area contributed by atoms with Gasteiger partial charge in [-0.2, -0.15) is 0 Å². The van der Waals surface area contributed by atoms with Gasteiger partial charge in [-0.25, -0.2) is 9.98 Å². The molecule has 1 aliphatic carbocycles. The van der Waals surface area contributed by atoms with Crippen LogP contribution in [0.2, 0.25) is 0 Å². The van der Waals surface area contributed by atoms with Gasteiger partial charge in [0.2, 0.25) is 0 Å². The van der Waals surface area contributed by atoms with Crippen LogP contribution in [-0.2, 0) is 9.47 Å². The Hall–Kier alpha value is -1.84. The van der Waals surface area contributed by atoms with E-state index in [0.717, 1.165) is 11.8 Å². The van der Waals surface area contributed by atoms with Gasteiger partial charge in [-0.3, -0.25) is 0 Å². The largest absolute Gasteiger partial charge is 0.478 e. The molecule has 1 fully saturated rings. The van der Waals surface area contributed by atoms with E-state index in [1.807, 2.05) is 0 Å². The summed E-state index contributed by atoms with van der Waals surface area (Å²) >= 11 is 0. The highest BCUT2D eigenvalue weighted by molar-refractivity contribution is 5.99.